The number of furan rings is 1. The van der Waals surface area contributed by atoms with Crippen LogP contribution in [0.5, 0.6) is 0 Å². The Morgan fingerprint density at radius 1 is 1.08 bits per heavy atom. The van der Waals surface area contributed by atoms with Crippen molar-refractivity contribution in [1.82, 2.24) is 5.32 Å². The van der Waals surface area contributed by atoms with E-state index in [4.69, 9.17) is 4.42 Å². The first-order valence-corrected chi connectivity index (χ1v) is 9.03. The first kappa shape index (κ1) is 16.7. The third kappa shape index (κ3) is 4.20. The van der Waals surface area contributed by atoms with Crippen LogP contribution in [-0.2, 0) is 11.2 Å². The number of carbonyl (C=O) groups excluding carboxylic acids is 1. The van der Waals surface area contributed by atoms with E-state index < -0.39 is 0 Å². The first-order chi connectivity index (χ1) is 11.6. The van der Waals surface area contributed by atoms with Crippen molar-refractivity contribution in [2.24, 2.45) is 0 Å². The summed E-state index contributed by atoms with van der Waals surface area (Å²) >= 11 is 1.75. The van der Waals surface area contributed by atoms with Crippen LogP contribution >= 0.6 is 11.8 Å². The standard InChI is InChI=1S/C20H21NO2S/c1-14-3-6-17(7-4-14)24-10-9-21-20(22)12-16-13-23-19-11-15(2)5-8-18(16)19/h3-8,11,13H,9-10,12H2,1-2H3,(H,21,22). The molecule has 1 N–H and O–H groups in total. The second-order valence-electron chi connectivity index (χ2n) is 5.95. The molecule has 0 saturated carbocycles. The molecule has 0 saturated heterocycles. The van der Waals surface area contributed by atoms with Crippen molar-refractivity contribution in [3.8, 4) is 0 Å². The molecular weight excluding hydrogens is 318 g/mol. The number of aryl methyl sites for hydroxylation is 2. The van der Waals surface area contributed by atoms with E-state index in [1.807, 2.05) is 25.1 Å². The normalized spacial score (nSPS) is 10.9. The third-order valence-corrected chi connectivity index (χ3v) is 4.89. The van der Waals surface area contributed by atoms with Crippen molar-refractivity contribution in [3.05, 3.63) is 65.4 Å². The Morgan fingerprint density at radius 2 is 1.83 bits per heavy atom. The molecule has 1 aromatic heterocycles. The second-order valence-corrected chi connectivity index (χ2v) is 7.12. The Balaban J connectivity index is 1.47. The molecule has 3 rings (SSSR count). The monoisotopic (exact) mass is 339 g/mol. The van der Waals surface area contributed by atoms with E-state index >= 15 is 0 Å². The van der Waals surface area contributed by atoms with Gasteiger partial charge in [0, 0.05) is 28.1 Å². The summed E-state index contributed by atoms with van der Waals surface area (Å²) in [5.74, 6) is 0.892. The minimum Gasteiger partial charge on any atom is -0.464 e. The van der Waals surface area contributed by atoms with Crippen LogP contribution in [-0.4, -0.2) is 18.2 Å². The maximum atomic E-state index is 12.1. The highest BCUT2D eigenvalue weighted by atomic mass is 32.2. The molecular formula is C20H21NO2S. The summed E-state index contributed by atoms with van der Waals surface area (Å²) in [6.45, 7) is 4.77. The van der Waals surface area contributed by atoms with Gasteiger partial charge in [0.2, 0.25) is 5.91 Å². The van der Waals surface area contributed by atoms with Crippen molar-refractivity contribution < 1.29 is 9.21 Å². The Labute approximate surface area is 146 Å². The highest BCUT2D eigenvalue weighted by Crippen LogP contribution is 2.22. The maximum Gasteiger partial charge on any atom is 0.224 e. The molecule has 124 valence electrons. The molecule has 0 fully saturated rings. The molecule has 0 bridgehead atoms. The molecule has 1 heterocycles. The number of benzene rings is 2. The van der Waals surface area contributed by atoms with Crippen molar-refractivity contribution in [2.75, 3.05) is 12.3 Å². The van der Waals surface area contributed by atoms with Crippen molar-refractivity contribution in [2.45, 2.75) is 25.2 Å². The van der Waals surface area contributed by atoms with Crippen LogP contribution in [0.4, 0.5) is 0 Å². The van der Waals surface area contributed by atoms with Crippen LogP contribution in [0.1, 0.15) is 16.7 Å². The van der Waals surface area contributed by atoms with Crippen LogP contribution in [0.25, 0.3) is 11.0 Å². The van der Waals surface area contributed by atoms with Gasteiger partial charge in [0.15, 0.2) is 0 Å². The van der Waals surface area contributed by atoms with Crippen molar-refractivity contribution >= 4 is 28.6 Å². The largest absolute Gasteiger partial charge is 0.464 e. The minimum absolute atomic E-state index is 0.0304. The summed E-state index contributed by atoms with van der Waals surface area (Å²) in [6.07, 6.45) is 2.04. The van der Waals surface area contributed by atoms with Gasteiger partial charge in [0.1, 0.15) is 5.58 Å². The molecule has 0 spiro atoms. The molecule has 0 atom stereocenters. The van der Waals surface area contributed by atoms with Crippen molar-refractivity contribution in [1.29, 1.82) is 0 Å². The van der Waals surface area contributed by atoms with Crippen molar-refractivity contribution in [3.63, 3.8) is 0 Å². The van der Waals surface area contributed by atoms with Gasteiger partial charge in [0.25, 0.3) is 0 Å². The summed E-state index contributed by atoms with van der Waals surface area (Å²) in [4.78, 5) is 13.3. The lowest BCUT2D eigenvalue weighted by atomic mass is 10.1. The van der Waals surface area contributed by atoms with Gasteiger partial charge in [-0.05, 0) is 37.6 Å². The smallest absolute Gasteiger partial charge is 0.224 e. The van der Waals surface area contributed by atoms with Gasteiger partial charge in [-0.1, -0.05) is 29.8 Å². The van der Waals surface area contributed by atoms with Crippen LogP contribution in [0.3, 0.4) is 0 Å². The Kier molecular flexibility index (Phi) is 5.26. The number of carbonyl (C=O) groups is 1. The third-order valence-electron chi connectivity index (χ3n) is 3.88. The number of hydrogen-bond donors (Lipinski definition) is 1. The van der Waals surface area contributed by atoms with Crippen LogP contribution in [0, 0.1) is 13.8 Å². The zero-order valence-corrected chi connectivity index (χ0v) is 14.8. The molecule has 4 heteroatoms. The summed E-state index contributed by atoms with van der Waals surface area (Å²) in [6, 6.07) is 14.5. The lowest BCUT2D eigenvalue weighted by Gasteiger charge is -2.05. The van der Waals surface area contributed by atoms with Crippen LogP contribution in [0.2, 0.25) is 0 Å². The zero-order valence-electron chi connectivity index (χ0n) is 14.0. The Hall–Kier alpha value is -2.20. The first-order valence-electron chi connectivity index (χ1n) is 8.05. The van der Waals surface area contributed by atoms with E-state index in [1.54, 1.807) is 18.0 Å². The quantitative estimate of drug-likeness (QED) is 0.531. The second kappa shape index (κ2) is 7.58. The fourth-order valence-corrected chi connectivity index (χ4v) is 3.32. The molecule has 0 aliphatic heterocycles. The summed E-state index contributed by atoms with van der Waals surface area (Å²) in [5, 5.41) is 4.00. The van der Waals surface area contributed by atoms with E-state index in [2.05, 4.69) is 36.5 Å². The van der Waals surface area contributed by atoms with E-state index in [0.29, 0.717) is 13.0 Å². The maximum absolute atomic E-state index is 12.1. The number of thioether (sulfide) groups is 1. The number of amides is 1. The SMILES string of the molecule is Cc1ccc(SCCNC(=O)Cc2coc3cc(C)ccc23)cc1. The summed E-state index contributed by atoms with van der Waals surface area (Å²) in [5.41, 5.74) is 4.19. The van der Waals surface area contributed by atoms with Gasteiger partial charge in [-0.15, -0.1) is 11.8 Å². The number of fused-ring (bicyclic) bond motifs is 1. The molecule has 3 nitrogen and oxygen atoms in total. The summed E-state index contributed by atoms with van der Waals surface area (Å²) in [7, 11) is 0. The van der Waals surface area contributed by atoms with E-state index in [9.17, 15) is 4.79 Å². The molecule has 3 aromatic rings. The lowest BCUT2D eigenvalue weighted by Crippen LogP contribution is -2.27. The van der Waals surface area contributed by atoms with Gasteiger partial charge in [-0.2, -0.15) is 0 Å². The van der Waals surface area contributed by atoms with E-state index in [1.165, 1.54) is 10.5 Å². The molecule has 0 aliphatic rings. The highest BCUT2D eigenvalue weighted by Gasteiger charge is 2.10. The van der Waals surface area contributed by atoms with Gasteiger partial charge in [-0.25, -0.2) is 0 Å². The Morgan fingerprint density at radius 3 is 2.62 bits per heavy atom. The Bertz CT molecular complexity index is 836. The summed E-state index contributed by atoms with van der Waals surface area (Å²) < 4.78 is 5.54. The minimum atomic E-state index is 0.0304. The molecule has 1 amide bonds. The number of nitrogens with one attached hydrogen (secondary N) is 1. The average Bonchev–Trinajstić information content (AvgIpc) is 2.95. The fourth-order valence-electron chi connectivity index (χ4n) is 2.56. The van der Waals surface area contributed by atoms with Crippen LogP contribution < -0.4 is 5.32 Å². The molecule has 0 aliphatic carbocycles. The van der Waals surface area contributed by atoms with Gasteiger partial charge in [0.05, 0.1) is 12.7 Å². The number of hydrogen-bond acceptors (Lipinski definition) is 3. The van der Waals surface area contributed by atoms with Gasteiger partial charge < -0.3 is 9.73 Å². The average molecular weight is 339 g/mol. The number of rotatable bonds is 6. The highest BCUT2D eigenvalue weighted by molar-refractivity contribution is 7.99. The van der Waals surface area contributed by atoms with E-state index in [0.717, 1.165) is 27.8 Å². The predicted octanol–water partition coefficient (Wildman–Crippen LogP) is 4.50. The van der Waals surface area contributed by atoms with Gasteiger partial charge in [-0.3, -0.25) is 4.79 Å². The topological polar surface area (TPSA) is 42.2 Å². The zero-order chi connectivity index (χ0) is 16.9. The molecule has 0 unspecified atom stereocenters. The molecule has 0 radical (unpaired) electrons. The van der Waals surface area contributed by atoms with E-state index in [-0.39, 0.29) is 5.91 Å². The van der Waals surface area contributed by atoms with Crippen LogP contribution in [0.15, 0.2) is 58.0 Å². The fraction of sp³-hybridized carbons (Fsp3) is 0.250. The molecule has 2 aromatic carbocycles. The predicted molar refractivity (Wildman–Crippen MR) is 99.6 cm³/mol. The van der Waals surface area contributed by atoms with Gasteiger partial charge >= 0.3 is 0 Å². The lowest BCUT2D eigenvalue weighted by molar-refractivity contribution is -0.120. The molecule has 24 heavy (non-hydrogen) atoms.